The van der Waals surface area contributed by atoms with Crippen molar-refractivity contribution in [3.05, 3.63) is 34.4 Å². The van der Waals surface area contributed by atoms with Crippen LogP contribution >= 0.6 is 0 Å². The molecule has 1 N–H and O–H groups in total. The van der Waals surface area contributed by atoms with Crippen molar-refractivity contribution >= 4 is 23.1 Å². The number of ketones is 1. The molecule has 90 valence electrons. The second-order valence-electron chi connectivity index (χ2n) is 3.63. The minimum atomic E-state index is -0.731. The molecule has 0 heterocycles. The first-order valence-corrected chi connectivity index (χ1v) is 4.97. The predicted molar refractivity (Wildman–Crippen MR) is 61.6 cm³/mol. The van der Waals surface area contributed by atoms with Crippen molar-refractivity contribution in [3.8, 4) is 0 Å². The standard InChI is InChI=1S/C11H12N2O4/c1-7(8(2)14)11(15)12-9-3-5-10(6-4-9)13(16)17/h3-7H,1-2H3,(H,12,15). The molecule has 6 nitrogen and oxygen atoms in total. The molecule has 17 heavy (non-hydrogen) atoms. The highest BCUT2D eigenvalue weighted by Crippen LogP contribution is 2.16. The van der Waals surface area contributed by atoms with Gasteiger partial charge in [-0.1, -0.05) is 0 Å². The summed E-state index contributed by atoms with van der Waals surface area (Å²) in [4.78, 5) is 32.4. The fourth-order valence-electron chi connectivity index (χ4n) is 1.10. The van der Waals surface area contributed by atoms with Crippen LogP contribution in [0.5, 0.6) is 0 Å². The van der Waals surface area contributed by atoms with Gasteiger partial charge < -0.3 is 5.32 Å². The van der Waals surface area contributed by atoms with Gasteiger partial charge >= 0.3 is 0 Å². The van der Waals surface area contributed by atoms with Gasteiger partial charge in [-0.2, -0.15) is 0 Å². The molecular weight excluding hydrogens is 224 g/mol. The number of nitro benzene ring substituents is 1. The molecular formula is C11H12N2O4. The van der Waals surface area contributed by atoms with Crippen LogP contribution in [0.15, 0.2) is 24.3 Å². The van der Waals surface area contributed by atoms with Crippen molar-refractivity contribution in [1.82, 2.24) is 0 Å². The summed E-state index contributed by atoms with van der Waals surface area (Å²) in [6, 6.07) is 5.41. The van der Waals surface area contributed by atoms with Gasteiger partial charge in [0.1, 0.15) is 5.78 Å². The average molecular weight is 236 g/mol. The second-order valence-corrected chi connectivity index (χ2v) is 3.63. The molecule has 1 amide bonds. The zero-order chi connectivity index (χ0) is 13.0. The topological polar surface area (TPSA) is 89.3 Å². The minimum absolute atomic E-state index is 0.0531. The quantitative estimate of drug-likeness (QED) is 0.490. The highest BCUT2D eigenvalue weighted by atomic mass is 16.6. The van der Waals surface area contributed by atoms with Gasteiger partial charge in [0, 0.05) is 17.8 Å². The third kappa shape index (κ3) is 3.37. The number of anilines is 1. The second kappa shape index (κ2) is 5.20. The van der Waals surface area contributed by atoms with Gasteiger partial charge in [-0.25, -0.2) is 0 Å². The van der Waals surface area contributed by atoms with Crippen molar-refractivity contribution in [3.63, 3.8) is 0 Å². The number of carbonyl (C=O) groups is 2. The molecule has 1 atom stereocenters. The Kier molecular flexibility index (Phi) is 3.92. The maximum atomic E-state index is 11.5. The van der Waals surface area contributed by atoms with Gasteiger partial charge in [-0.15, -0.1) is 0 Å². The summed E-state index contributed by atoms with van der Waals surface area (Å²) >= 11 is 0. The molecule has 6 heteroatoms. The van der Waals surface area contributed by atoms with Crippen LogP contribution in [0.25, 0.3) is 0 Å². The first-order chi connectivity index (χ1) is 7.91. The van der Waals surface area contributed by atoms with Gasteiger partial charge in [0.15, 0.2) is 0 Å². The summed E-state index contributed by atoms with van der Waals surface area (Å²) in [5, 5.41) is 12.9. The average Bonchev–Trinajstić information content (AvgIpc) is 2.28. The van der Waals surface area contributed by atoms with E-state index in [1.54, 1.807) is 0 Å². The van der Waals surface area contributed by atoms with Crippen LogP contribution < -0.4 is 5.32 Å². The van der Waals surface area contributed by atoms with Crippen LogP contribution in [0.3, 0.4) is 0 Å². The van der Waals surface area contributed by atoms with Crippen molar-refractivity contribution in [2.24, 2.45) is 5.92 Å². The molecule has 0 radical (unpaired) electrons. The Hall–Kier alpha value is -2.24. The molecule has 1 unspecified atom stereocenters. The molecule has 1 aromatic rings. The van der Waals surface area contributed by atoms with E-state index in [0.29, 0.717) is 5.69 Å². The van der Waals surface area contributed by atoms with Crippen LogP contribution in [0.4, 0.5) is 11.4 Å². The van der Waals surface area contributed by atoms with Gasteiger partial charge in [-0.3, -0.25) is 19.7 Å². The number of amides is 1. The summed E-state index contributed by atoms with van der Waals surface area (Å²) in [6.07, 6.45) is 0. The summed E-state index contributed by atoms with van der Waals surface area (Å²) < 4.78 is 0. The SMILES string of the molecule is CC(=O)C(C)C(=O)Nc1ccc([N+](=O)[O-])cc1. The van der Waals surface area contributed by atoms with Crippen molar-refractivity contribution < 1.29 is 14.5 Å². The molecule has 1 rings (SSSR count). The number of hydrogen-bond acceptors (Lipinski definition) is 4. The smallest absolute Gasteiger partial charge is 0.269 e. The fraction of sp³-hybridized carbons (Fsp3) is 0.273. The monoisotopic (exact) mass is 236 g/mol. The fourth-order valence-corrected chi connectivity index (χ4v) is 1.10. The Bertz CT molecular complexity index is 453. The van der Waals surface area contributed by atoms with Crippen LogP contribution in [0, 0.1) is 16.0 Å². The third-order valence-corrected chi connectivity index (χ3v) is 2.35. The molecule has 0 aliphatic heterocycles. The number of non-ortho nitro benzene ring substituents is 1. The summed E-state index contributed by atoms with van der Waals surface area (Å²) in [5.41, 5.74) is 0.372. The molecule has 0 spiro atoms. The zero-order valence-corrected chi connectivity index (χ0v) is 9.47. The van der Waals surface area contributed by atoms with E-state index in [9.17, 15) is 19.7 Å². The van der Waals surface area contributed by atoms with E-state index in [4.69, 9.17) is 0 Å². The van der Waals surface area contributed by atoms with E-state index in [-0.39, 0.29) is 11.5 Å². The number of benzene rings is 1. The third-order valence-electron chi connectivity index (χ3n) is 2.35. The van der Waals surface area contributed by atoms with Gasteiger partial charge in [0.2, 0.25) is 5.91 Å². The number of carbonyl (C=O) groups excluding carboxylic acids is 2. The lowest BCUT2D eigenvalue weighted by Gasteiger charge is -2.08. The van der Waals surface area contributed by atoms with E-state index in [1.165, 1.54) is 38.1 Å². The maximum Gasteiger partial charge on any atom is 0.269 e. The van der Waals surface area contributed by atoms with Gasteiger partial charge in [0.05, 0.1) is 10.8 Å². The van der Waals surface area contributed by atoms with Gasteiger partial charge in [0.25, 0.3) is 5.69 Å². The van der Waals surface area contributed by atoms with E-state index in [1.807, 2.05) is 0 Å². The molecule has 0 saturated heterocycles. The Morgan fingerprint density at radius 3 is 2.24 bits per heavy atom. The molecule has 0 bridgehead atoms. The van der Waals surface area contributed by atoms with E-state index >= 15 is 0 Å². The molecule has 0 aromatic heterocycles. The number of nitrogens with one attached hydrogen (secondary N) is 1. The van der Waals surface area contributed by atoms with Crippen LogP contribution in [0.1, 0.15) is 13.8 Å². The van der Waals surface area contributed by atoms with Crippen LogP contribution in [-0.2, 0) is 9.59 Å². The number of nitro groups is 1. The van der Waals surface area contributed by atoms with Crippen molar-refractivity contribution in [1.29, 1.82) is 0 Å². The molecule has 0 aliphatic carbocycles. The van der Waals surface area contributed by atoms with E-state index in [0.717, 1.165) is 0 Å². The normalized spacial score (nSPS) is 11.6. The lowest BCUT2D eigenvalue weighted by Crippen LogP contribution is -2.25. The Morgan fingerprint density at radius 2 is 1.82 bits per heavy atom. The highest BCUT2D eigenvalue weighted by Gasteiger charge is 2.17. The number of Topliss-reactive ketones (excluding diaryl/α,β-unsaturated/α-hetero) is 1. The summed E-state index contributed by atoms with van der Waals surface area (Å²) in [7, 11) is 0. The molecule has 0 saturated carbocycles. The molecule has 1 aromatic carbocycles. The van der Waals surface area contributed by atoms with E-state index < -0.39 is 16.7 Å². The Morgan fingerprint density at radius 1 is 1.29 bits per heavy atom. The largest absolute Gasteiger partial charge is 0.325 e. The van der Waals surface area contributed by atoms with Crippen LogP contribution in [0.2, 0.25) is 0 Å². The van der Waals surface area contributed by atoms with Crippen molar-refractivity contribution in [2.45, 2.75) is 13.8 Å². The summed E-state index contributed by atoms with van der Waals surface area (Å²) in [5.74, 6) is -1.39. The van der Waals surface area contributed by atoms with Gasteiger partial charge in [-0.05, 0) is 26.0 Å². The zero-order valence-electron chi connectivity index (χ0n) is 9.47. The number of hydrogen-bond donors (Lipinski definition) is 1. The molecule has 0 fully saturated rings. The first kappa shape index (κ1) is 12.8. The number of rotatable bonds is 4. The Labute approximate surface area is 97.8 Å². The predicted octanol–water partition coefficient (Wildman–Crippen LogP) is 1.76. The van der Waals surface area contributed by atoms with E-state index in [2.05, 4.69) is 5.32 Å². The first-order valence-electron chi connectivity index (χ1n) is 4.97. The van der Waals surface area contributed by atoms with Crippen molar-refractivity contribution in [2.75, 3.05) is 5.32 Å². The highest BCUT2D eigenvalue weighted by molar-refractivity contribution is 6.06. The summed E-state index contributed by atoms with van der Waals surface area (Å²) in [6.45, 7) is 2.84. The maximum absolute atomic E-state index is 11.5. The minimum Gasteiger partial charge on any atom is -0.325 e. The lowest BCUT2D eigenvalue weighted by molar-refractivity contribution is -0.384. The van der Waals surface area contributed by atoms with Crippen LogP contribution in [-0.4, -0.2) is 16.6 Å². The Balaban J connectivity index is 2.73. The number of nitrogens with zero attached hydrogens (tertiary/aromatic N) is 1. The molecule has 0 aliphatic rings. The lowest BCUT2D eigenvalue weighted by atomic mass is 10.1.